The van der Waals surface area contributed by atoms with Crippen LogP contribution in [0.3, 0.4) is 0 Å². The number of carbonyl (C=O) groups is 1. The molecule has 1 saturated heterocycles. The molecule has 21 heavy (non-hydrogen) atoms. The van der Waals surface area contributed by atoms with E-state index in [-0.39, 0.29) is 11.3 Å². The average molecular weight is 290 g/mol. The summed E-state index contributed by atoms with van der Waals surface area (Å²) < 4.78 is 5.55. The molecule has 1 atom stereocenters. The van der Waals surface area contributed by atoms with Crippen molar-refractivity contribution in [3.8, 4) is 5.75 Å². The van der Waals surface area contributed by atoms with Gasteiger partial charge in [-0.3, -0.25) is 4.79 Å². The molecule has 0 spiro atoms. The molecule has 1 heterocycles. The SMILES string of the molecule is CCCOc1ccc(NC(=O)C2(C(C)C)CCNC2)cc1. The number of carbonyl (C=O) groups excluding carboxylic acids is 1. The van der Waals surface area contributed by atoms with E-state index in [4.69, 9.17) is 4.74 Å². The van der Waals surface area contributed by atoms with Crippen LogP contribution in [-0.2, 0) is 4.79 Å². The Morgan fingerprint density at radius 3 is 2.62 bits per heavy atom. The van der Waals surface area contributed by atoms with E-state index in [0.29, 0.717) is 12.5 Å². The molecule has 1 fully saturated rings. The second-order valence-corrected chi connectivity index (χ2v) is 6.06. The molecule has 1 aromatic rings. The number of anilines is 1. The van der Waals surface area contributed by atoms with Crippen molar-refractivity contribution in [2.45, 2.75) is 33.6 Å². The van der Waals surface area contributed by atoms with Crippen LogP contribution in [0.4, 0.5) is 5.69 Å². The fourth-order valence-corrected chi connectivity index (χ4v) is 2.77. The van der Waals surface area contributed by atoms with Gasteiger partial charge in [0.1, 0.15) is 5.75 Å². The highest BCUT2D eigenvalue weighted by Gasteiger charge is 2.43. The molecule has 2 rings (SSSR count). The molecule has 4 heteroatoms. The fraction of sp³-hybridized carbons (Fsp3) is 0.588. The lowest BCUT2D eigenvalue weighted by atomic mass is 9.75. The van der Waals surface area contributed by atoms with Gasteiger partial charge in [-0.1, -0.05) is 20.8 Å². The summed E-state index contributed by atoms with van der Waals surface area (Å²) in [5, 5.41) is 6.37. The monoisotopic (exact) mass is 290 g/mol. The van der Waals surface area contributed by atoms with Gasteiger partial charge in [0.05, 0.1) is 12.0 Å². The Bertz CT molecular complexity index is 462. The molecule has 1 amide bonds. The smallest absolute Gasteiger partial charge is 0.232 e. The van der Waals surface area contributed by atoms with Gasteiger partial charge in [0.2, 0.25) is 5.91 Å². The first kappa shape index (κ1) is 15.8. The first-order valence-corrected chi connectivity index (χ1v) is 7.83. The number of amides is 1. The van der Waals surface area contributed by atoms with Gasteiger partial charge in [-0.05, 0) is 49.6 Å². The van der Waals surface area contributed by atoms with E-state index in [2.05, 4.69) is 31.4 Å². The summed E-state index contributed by atoms with van der Waals surface area (Å²) in [6.45, 7) is 8.70. The normalized spacial score (nSPS) is 21.5. The maximum absolute atomic E-state index is 12.7. The molecule has 1 aliphatic rings. The van der Waals surface area contributed by atoms with Crippen LogP contribution in [-0.4, -0.2) is 25.6 Å². The van der Waals surface area contributed by atoms with E-state index in [1.54, 1.807) is 0 Å². The molecule has 0 bridgehead atoms. The van der Waals surface area contributed by atoms with Crippen LogP contribution in [0.25, 0.3) is 0 Å². The van der Waals surface area contributed by atoms with E-state index in [1.807, 2.05) is 24.3 Å². The highest BCUT2D eigenvalue weighted by Crippen LogP contribution is 2.35. The maximum Gasteiger partial charge on any atom is 0.232 e. The van der Waals surface area contributed by atoms with Crippen molar-refractivity contribution < 1.29 is 9.53 Å². The maximum atomic E-state index is 12.7. The number of nitrogens with one attached hydrogen (secondary N) is 2. The van der Waals surface area contributed by atoms with Crippen molar-refractivity contribution in [2.24, 2.45) is 11.3 Å². The molecule has 1 aromatic carbocycles. The highest BCUT2D eigenvalue weighted by atomic mass is 16.5. The molecule has 1 aliphatic heterocycles. The van der Waals surface area contributed by atoms with Crippen molar-refractivity contribution in [3.63, 3.8) is 0 Å². The van der Waals surface area contributed by atoms with E-state index in [1.165, 1.54) is 0 Å². The molecule has 0 aliphatic carbocycles. The number of benzene rings is 1. The average Bonchev–Trinajstić information content (AvgIpc) is 2.97. The van der Waals surface area contributed by atoms with E-state index in [0.717, 1.165) is 37.4 Å². The van der Waals surface area contributed by atoms with Crippen molar-refractivity contribution in [2.75, 3.05) is 25.0 Å². The molecule has 116 valence electrons. The van der Waals surface area contributed by atoms with Gasteiger partial charge in [-0.15, -0.1) is 0 Å². The molecule has 1 unspecified atom stereocenters. The van der Waals surface area contributed by atoms with Crippen LogP contribution in [0.5, 0.6) is 5.75 Å². The first-order valence-electron chi connectivity index (χ1n) is 7.83. The topological polar surface area (TPSA) is 50.4 Å². The van der Waals surface area contributed by atoms with Crippen LogP contribution < -0.4 is 15.4 Å². The predicted molar refractivity (Wildman–Crippen MR) is 85.6 cm³/mol. The number of hydrogen-bond donors (Lipinski definition) is 2. The Balaban J connectivity index is 2.01. The lowest BCUT2D eigenvalue weighted by Crippen LogP contribution is -2.42. The Kier molecular flexibility index (Phi) is 5.23. The zero-order valence-corrected chi connectivity index (χ0v) is 13.2. The molecule has 2 N–H and O–H groups in total. The molecular formula is C17H26N2O2. The summed E-state index contributed by atoms with van der Waals surface area (Å²) in [5.41, 5.74) is 0.535. The third kappa shape index (κ3) is 3.56. The number of rotatable bonds is 6. The van der Waals surface area contributed by atoms with Gasteiger partial charge >= 0.3 is 0 Å². The second-order valence-electron chi connectivity index (χ2n) is 6.06. The summed E-state index contributed by atoms with van der Waals surface area (Å²) in [7, 11) is 0. The standard InChI is InChI=1S/C17H26N2O2/c1-4-11-21-15-7-5-14(6-8-15)19-16(20)17(13(2)3)9-10-18-12-17/h5-8,13,18H,4,9-12H2,1-3H3,(H,19,20). The first-order chi connectivity index (χ1) is 10.1. The summed E-state index contributed by atoms with van der Waals surface area (Å²) in [6.07, 6.45) is 1.89. The third-order valence-corrected chi connectivity index (χ3v) is 4.33. The summed E-state index contributed by atoms with van der Waals surface area (Å²) in [5.74, 6) is 1.28. The molecular weight excluding hydrogens is 264 g/mol. The zero-order valence-electron chi connectivity index (χ0n) is 13.2. The fourth-order valence-electron chi connectivity index (χ4n) is 2.77. The van der Waals surface area contributed by atoms with Gasteiger partial charge in [0.25, 0.3) is 0 Å². The van der Waals surface area contributed by atoms with Crippen LogP contribution in [0, 0.1) is 11.3 Å². The zero-order chi connectivity index (χ0) is 15.3. The van der Waals surface area contributed by atoms with Crippen molar-refractivity contribution in [3.05, 3.63) is 24.3 Å². The summed E-state index contributed by atoms with van der Waals surface area (Å²) in [4.78, 5) is 12.7. The molecule has 0 aromatic heterocycles. The Morgan fingerprint density at radius 1 is 1.38 bits per heavy atom. The summed E-state index contributed by atoms with van der Waals surface area (Å²) in [6, 6.07) is 7.61. The van der Waals surface area contributed by atoms with Gasteiger partial charge in [-0.25, -0.2) is 0 Å². The van der Waals surface area contributed by atoms with Crippen LogP contribution in [0.15, 0.2) is 24.3 Å². The molecule has 0 saturated carbocycles. The third-order valence-electron chi connectivity index (χ3n) is 4.33. The van der Waals surface area contributed by atoms with Crippen LogP contribution >= 0.6 is 0 Å². The second kappa shape index (κ2) is 6.94. The molecule has 0 radical (unpaired) electrons. The minimum Gasteiger partial charge on any atom is -0.494 e. The number of hydrogen-bond acceptors (Lipinski definition) is 3. The minimum absolute atomic E-state index is 0.115. The van der Waals surface area contributed by atoms with Crippen molar-refractivity contribution in [1.82, 2.24) is 5.32 Å². The Hall–Kier alpha value is -1.55. The lowest BCUT2D eigenvalue weighted by Gasteiger charge is -2.31. The quantitative estimate of drug-likeness (QED) is 0.846. The van der Waals surface area contributed by atoms with Gasteiger partial charge in [-0.2, -0.15) is 0 Å². The van der Waals surface area contributed by atoms with Crippen molar-refractivity contribution >= 4 is 11.6 Å². The van der Waals surface area contributed by atoms with Gasteiger partial charge < -0.3 is 15.4 Å². The largest absolute Gasteiger partial charge is 0.494 e. The van der Waals surface area contributed by atoms with Gasteiger partial charge in [0, 0.05) is 12.2 Å². The molecule has 4 nitrogen and oxygen atoms in total. The van der Waals surface area contributed by atoms with Gasteiger partial charge in [0.15, 0.2) is 0 Å². The van der Waals surface area contributed by atoms with Crippen LogP contribution in [0.2, 0.25) is 0 Å². The van der Waals surface area contributed by atoms with E-state index < -0.39 is 0 Å². The van der Waals surface area contributed by atoms with E-state index >= 15 is 0 Å². The Morgan fingerprint density at radius 2 is 2.10 bits per heavy atom. The number of ether oxygens (including phenoxy) is 1. The highest BCUT2D eigenvalue weighted by molar-refractivity contribution is 5.96. The predicted octanol–water partition coefficient (Wildman–Crippen LogP) is 3.05. The Labute approximate surface area is 127 Å². The van der Waals surface area contributed by atoms with E-state index in [9.17, 15) is 4.79 Å². The van der Waals surface area contributed by atoms with Crippen molar-refractivity contribution in [1.29, 1.82) is 0 Å². The summed E-state index contributed by atoms with van der Waals surface area (Å²) >= 11 is 0. The lowest BCUT2D eigenvalue weighted by molar-refractivity contribution is -0.126. The minimum atomic E-state index is -0.294. The van der Waals surface area contributed by atoms with Crippen LogP contribution in [0.1, 0.15) is 33.6 Å².